The van der Waals surface area contributed by atoms with Crippen LogP contribution in [-0.2, 0) is 7.05 Å². The summed E-state index contributed by atoms with van der Waals surface area (Å²) in [6.07, 6.45) is 6.01. The first kappa shape index (κ1) is 7.44. The summed E-state index contributed by atoms with van der Waals surface area (Å²) in [4.78, 5) is 0. The van der Waals surface area contributed by atoms with E-state index in [1.807, 2.05) is 40.5 Å². The van der Waals surface area contributed by atoms with Gasteiger partial charge in [-0.15, -0.1) is 0 Å². The van der Waals surface area contributed by atoms with Crippen LogP contribution < -0.4 is 10.1 Å². The molecule has 0 saturated carbocycles. The molecule has 4 nitrogen and oxygen atoms in total. The maximum atomic E-state index is 5.82. The average Bonchev–Trinajstić information content (AvgIpc) is 2.65. The number of rotatable bonds is 0. The van der Waals surface area contributed by atoms with Gasteiger partial charge in [0, 0.05) is 0 Å². The first-order chi connectivity index (χ1) is 6.77. The molecule has 0 unspecified atom stereocenters. The number of aryl methyl sites for hydroxylation is 1. The van der Waals surface area contributed by atoms with E-state index in [2.05, 4.69) is 16.7 Å². The number of pyridine rings is 1. The van der Waals surface area contributed by atoms with Gasteiger partial charge in [0.2, 0.25) is 0 Å². The number of aromatic nitrogens is 3. The molecule has 0 amide bonds. The standard InChI is InChI=1S/C10H11N4/c1-12-9(11)7-13-6-8-4-2-3-5-14(8)10(12)13/h2-7H,11H2,1H3/q+1. The van der Waals surface area contributed by atoms with Gasteiger partial charge >= 0.3 is 5.78 Å². The highest BCUT2D eigenvalue weighted by Gasteiger charge is 2.15. The average molecular weight is 187 g/mol. The lowest BCUT2D eigenvalue weighted by Gasteiger charge is -1.90. The molecule has 3 aromatic heterocycles. The molecule has 0 fully saturated rings. The van der Waals surface area contributed by atoms with Gasteiger partial charge in [-0.3, -0.25) is 0 Å². The maximum absolute atomic E-state index is 5.82. The van der Waals surface area contributed by atoms with Gasteiger partial charge in [-0.25, -0.2) is 13.4 Å². The van der Waals surface area contributed by atoms with Gasteiger partial charge in [-0.2, -0.15) is 0 Å². The van der Waals surface area contributed by atoms with Crippen molar-refractivity contribution < 1.29 is 4.40 Å². The summed E-state index contributed by atoms with van der Waals surface area (Å²) in [6, 6.07) is 6.11. The lowest BCUT2D eigenvalue weighted by Crippen LogP contribution is -2.15. The first-order valence-electron chi connectivity index (χ1n) is 4.49. The van der Waals surface area contributed by atoms with E-state index in [4.69, 9.17) is 5.73 Å². The Morgan fingerprint density at radius 3 is 3.00 bits per heavy atom. The first-order valence-corrected chi connectivity index (χ1v) is 4.49. The molecule has 0 aliphatic rings. The third kappa shape index (κ3) is 0.750. The van der Waals surface area contributed by atoms with Gasteiger partial charge in [0.1, 0.15) is 17.9 Å². The molecule has 0 aromatic carbocycles. The Bertz CT molecular complexity index is 617. The van der Waals surface area contributed by atoms with Crippen molar-refractivity contribution in [1.29, 1.82) is 0 Å². The summed E-state index contributed by atoms with van der Waals surface area (Å²) in [5.74, 6) is 1.83. The minimum atomic E-state index is 0.762. The van der Waals surface area contributed by atoms with Crippen molar-refractivity contribution in [1.82, 2.24) is 8.97 Å². The molecule has 0 radical (unpaired) electrons. The highest BCUT2D eigenvalue weighted by molar-refractivity contribution is 5.51. The molecule has 0 atom stereocenters. The lowest BCUT2D eigenvalue weighted by molar-refractivity contribution is -0.507. The quantitative estimate of drug-likeness (QED) is 0.514. The van der Waals surface area contributed by atoms with E-state index >= 15 is 0 Å². The second-order valence-electron chi connectivity index (χ2n) is 3.44. The second kappa shape index (κ2) is 2.29. The van der Waals surface area contributed by atoms with Crippen molar-refractivity contribution in [2.24, 2.45) is 7.05 Å². The molecule has 70 valence electrons. The highest BCUT2D eigenvalue weighted by atomic mass is 15.2. The fraction of sp³-hybridized carbons (Fsp3) is 0.100. The van der Waals surface area contributed by atoms with E-state index in [1.165, 1.54) is 0 Å². The molecule has 3 heterocycles. The molecular formula is C10H11N4+. The van der Waals surface area contributed by atoms with Gasteiger partial charge in [-0.05, 0) is 12.1 Å². The van der Waals surface area contributed by atoms with Crippen molar-refractivity contribution in [2.45, 2.75) is 0 Å². The van der Waals surface area contributed by atoms with Crippen molar-refractivity contribution in [3.05, 3.63) is 36.8 Å². The number of nitrogens with two attached hydrogens (primary N) is 1. The Morgan fingerprint density at radius 2 is 2.14 bits per heavy atom. The van der Waals surface area contributed by atoms with E-state index in [1.54, 1.807) is 0 Å². The SMILES string of the molecule is Cn1c(N)c[n+]2cc3ccccn3c12. The second-order valence-corrected chi connectivity index (χ2v) is 3.44. The Morgan fingerprint density at radius 1 is 1.29 bits per heavy atom. The van der Waals surface area contributed by atoms with Gasteiger partial charge in [0.15, 0.2) is 5.82 Å². The van der Waals surface area contributed by atoms with Crippen molar-refractivity contribution in [2.75, 3.05) is 5.73 Å². The summed E-state index contributed by atoms with van der Waals surface area (Å²) in [6.45, 7) is 0. The molecule has 2 N–H and O–H groups in total. The van der Waals surface area contributed by atoms with Crippen molar-refractivity contribution in [3.63, 3.8) is 0 Å². The Hall–Kier alpha value is -1.97. The van der Waals surface area contributed by atoms with Crippen LogP contribution in [-0.4, -0.2) is 8.97 Å². The smallest absolute Gasteiger partial charge is 0.370 e. The molecule has 4 heteroatoms. The Labute approximate surface area is 80.8 Å². The molecule has 0 aliphatic carbocycles. The summed E-state index contributed by atoms with van der Waals surface area (Å²) in [5.41, 5.74) is 6.98. The summed E-state index contributed by atoms with van der Waals surface area (Å²) >= 11 is 0. The fourth-order valence-corrected chi connectivity index (χ4v) is 1.84. The van der Waals surface area contributed by atoms with Crippen molar-refractivity contribution in [3.8, 4) is 0 Å². The molecule has 3 aromatic rings. The lowest BCUT2D eigenvalue weighted by atomic mass is 10.4. The van der Waals surface area contributed by atoms with Crippen LogP contribution in [0.4, 0.5) is 5.82 Å². The van der Waals surface area contributed by atoms with E-state index in [9.17, 15) is 0 Å². The number of nitrogen functional groups attached to an aromatic ring is 1. The monoisotopic (exact) mass is 187 g/mol. The van der Waals surface area contributed by atoms with Crippen LogP contribution in [0.2, 0.25) is 0 Å². The molecule has 0 spiro atoms. The Kier molecular flexibility index (Phi) is 1.21. The zero-order valence-corrected chi connectivity index (χ0v) is 7.88. The zero-order valence-electron chi connectivity index (χ0n) is 7.88. The minimum absolute atomic E-state index is 0.762. The van der Waals surface area contributed by atoms with Gasteiger partial charge in [-0.1, -0.05) is 6.07 Å². The molecule has 0 saturated heterocycles. The number of anilines is 1. The van der Waals surface area contributed by atoms with Crippen LogP contribution >= 0.6 is 0 Å². The molecule has 0 aliphatic heterocycles. The fourth-order valence-electron chi connectivity index (χ4n) is 1.84. The van der Waals surface area contributed by atoms with Gasteiger partial charge in [0.25, 0.3) is 0 Å². The number of hydrogen-bond donors (Lipinski definition) is 1. The largest absolute Gasteiger partial charge is 0.375 e. The highest BCUT2D eigenvalue weighted by Crippen LogP contribution is 2.09. The van der Waals surface area contributed by atoms with Crippen LogP contribution in [0.25, 0.3) is 11.3 Å². The maximum Gasteiger partial charge on any atom is 0.375 e. The van der Waals surface area contributed by atoms with Crippen LogP contribution in [0.15, 0.2) is 36.8 Å². The van der Waals surface area contributed by atoms with E-state index in [-0.39, 0.29) is 0 Å². The van der Waals surface area contributed by atoms with Crippen LogP contribution in [0.1, 0.15) is 0 Å². The Balaban J connectivity index is 2.62. The molecular weight excluding hydrogens is 176 g/mol. The van der Waals surface area contributed by atoms with E-state index in [0.29, 0.717) is 0 Å². The topological polar surface area (TPSA) is 39.5 Å². The number of imidazole rings is 2. The zero-order chi connectivity index (χ0) is 9.71. The van der Waals surface area contributed by atoms with Crippen LogP contribution in [0, 0.1) is 0 Å². The number of nitrogens with zero attached hydrogens (tertiary/aromatic N) is 3. The van der Waals surface area contributed by atoms with Crippen molar-refractivity contribution >= 4 is 17.1 Å². The predicted molar refractivity (Wildman–Crippen MR) is 53.9 cm³/mol. The van der Waals surface area contributed by atoms with Crippen LogP contribution in [0.3, 0.4) is 0 Å². The third-order valence-corrected chi connectivity index (χ3v) is 2.57. The minimum Gasteiger partial charge on any atom is -0.370 e. The van der Waals surface area contributed by atoms with Gasteiger partial charge < -0.3 is 5.73 Å². The van der Waals surface area contributed by atoms with Crippen LogP contribution in [0.5, 0.6) is 0 Å². The summed E-state index contributed by atoms with van der Waals surface area (Å²) in [5, 5.41) is 0. The normalized spacial score (nSPS) is 11.5. The molecule has 3 rings (SSSR count). The predicted octanol–water partition coefficient (Wildman–Crippen LogP) is 0.599. The van der Waals surface area contributed by atoms with Gasteiger partial charge in [0.05, 0.1) is 13.2 Å². The van der Waals surface area contributed by atoms with E-state index in [0.717, 1.165) is 17.1 Å². The molecule has 0 bridgehead atoms. The summed E-state index contributed by atoms with van der Waals surface area (Å²) < 4.78 is 6.11. The number of fused-ring (bicyclic) bond motifs is 3. The number of hydrogen-bond acceptors (Lipinski definition) is 1. The molecule has 14 heavy (non-hydrogen) atoms. The van der Waals surface area contributed by atoms with E-state index < -0.39 is 0 Å². The third-order valence-electron chi connectivity index (χ3n) is 2.57. The summed E-state index contributed by atoms with van der Waals surface area (Å²) in [7, 11) is 1.96.